The predicted molar refractivity (Wildman–Crippen MR) is 161 cm³/mol. The van der Waals surface area contributed by atoms with E-state index in [1.807, 2.05) is 13.8 Å². The second-order valence-corrected chi connectivity index (χ2v) is 15.8. The lowest BCUT2D eigenvalue weighted by molar-refractivity contribution is 0.182. The van der Waals surface area contributed by atoms with Gasteiger partial charge < -0.3 is 9.80 Å². The van der Waals surface area contributed by atoms with Gasteiger partial charge in [0, 0.05) is 70.8 Å². The highest BCUT2D eigenvalue weighted by Gasteiger charge is 2.37. The molecule has 37 heavy (non-hydrogen) atoms. The summed E-state index contributed by atoms with van der Waals surface area (Å²) in [5.74, 6) is 2.16. The molecule has 2 unspecified atom stereocenters. The topological polar surface area (TPSA) is 81.2 Å². The van der Waals surface area contributed by atoms with Gasteiger partial charge in [0.2, 0.25) is 0 Å². The van der Waals surface area contributed by atoms with Crippen molar-refractivity contribution in [2.75, 3.05) is 62.3 Å². The van der Waals surface area contributed by atoms with Gasteiger partial charge in [-0.2, -0.15) is 0 Å². The van der Waals surface area contributed by atoms with Crippen LogP contribution < -0.4 is 0 Å². The van der Waals surface area contributed by atoms with Gasteiger partial charge in [-0.15, -0.1) is 0 Å². The molecule has 2 rings (SSSR count). The van der Waals surface area contributed by atoms with Crippen LogP contribution >= 0.6 is 24.4 Å². The lowest BCUT2D eigenvalue weighted by Gasteiger charge is -2.30. The van der Waals surface area contributed by atoms with Crippen molar-refractivity contribution >= 4 is 68.1 Å². The molecule has 2 heterocycles. The van der Waals surface area contributed by atoms with E-state index in [2.05, 4.69) is 27.7 Å². The highest BCUT2D eigenvalue weighted by Crippen LogP contribution is 2.27. The predicted octanol–water partition coefficient (Wildman–Crippen LogP) is 3.88. The van der Waals surface area contributed by atoms with E-state index in [-0.39, 0.29) is 22.9 Å². The van der Waals surface area contributed by atoms with Gasteiger partial charge in [0.05, 0.1) is 13.1 Å². The van der Waals surface area contributed by atoms with E-state index in [4.69, 9.17) is 24.4 Å². The van der Waals surface area contributed by atoms with Crippen LogP contribution in [0.15, 0.2) is 0 Å². The van der Waals surface area contributed by atoms with Gasteiger partial charge in [-0.1, -0.05) is 52.1 Å². The standard InChI is InChI=1S/C25H44N4O4S4/c1-7-26-16-20(34)28(22(26)30)18-24(3,4)10-14-36(32)12-9-13-37(33)15-11-25(5,6)19-29-21(35)17-27(8-2)23(29)31/h7-19H2,1-6H3. The summed E-state index contributed by atoms with van der Waals surface area (Å²) in [5, 5.41) is 0. The molecular formula is C25H44N4O4S4. The second kappa shape index (κ2) is 13.9. The summed E-state index contributed by atoms with van der Waals surface area (Å²) < 4.78 is 25.2. The Kier molecular flexibility index (Phi) is 12.1. The number of likely N-dealkylation sites (N-methyl/N-ethyl adjacent to an activating group) is 2. The van der Waals surface area contributed by atoms with Gasteiger partial charge in [-0.05, 0) is 43.9 Å². The fourth-order valence-corrected chi connectivity index (χ4v) is 8.05. The average Bonchev–Trinajstić information content (AvgIpc) is 3.25. The van der Waals surface area contributed by atoms with Crippen molar-refractivity contribution in [3.63, 3.8) is 0 Å². The van der Waals surface area contributed by atoms with Crippen LogP contribution in [0.1, 0.15) is 60.8 Å². The summed E-state index contributed by atoms with van der Waals surface area (Å²) in [5.41, 5.74) is -0.387. The van der Waals surface area contributed by atoms with E-state index in [9.17, 15) is 18.0 Å². The summed E-state index contributed by atoms with van der Waals surface area (Å²) >= 11 is 10.8. The van der Waals surface area contributed by atoms with Crippen LogP contribution in [0, 0.1) is 10.8 Å². The zero-order chi connectivity index (χ0) is 28.0. The Morgan fingerprint density at radius 2 is 1.05 bits per heavy atom. The second-order valence-electron chi connectivity index (χ2n) is 11.4. The fourth-order valence-electron chi connectivity index (χ4n) is 4.37. The zero-order valence-corrected chi connectivity index (χ0v) is 26.5. The monoisotopic (exact) mass is 592 g/mol. The largest absolute Gasteiger partial charge is 0.325 e. The van der Waals surface area contributed by atoms with E-state index in [1.54, 1.807) is 19.6 Å². The van der Waals surface area contributed by atoms with Crippen LogP contribution in [0.25, 0.3) is 0 Å². The van der Waals surface area contributed by atoms with Crippen LogP contribution in [-0.4, -0.2) is 112 Å². The molecule has 2 atom stereocenters. The number of urea groups is 2. The maximum Gasteiger partial charge on any atom is 0.325 e. The van der Waals surface area contributed by atoms with Crippen LogP contribution in [0.5, 0.6) is 0 Å². The smallest absolute Gasteiger partial charge is 0.318 e. The molecule has 2 fully saturated rings. The molecule has 12 heteroatoms. The molecule has 4 amide bonds. The molecule has 0 aromatic rings. The van der Waals surface area contributed by atoms with Gasteiger partial charge in [-0.3, -0.25) is 18.2 Å². The molecule has 2 aliphatic rings. The first-order valence-electron chi connectivity index (χ1n) is 13.1. The van der Waals surface area contributed by atoms with Crippen molar-refractivity contribution in [3.05, 3.63) is 0 Å². The maximum absolute atomic E-state index is 12.6. The van der Waals surface area contributed by atoms with Gasteiger partial charge in [0.1, 0.15) is 9.98 Å². The average molecular weight is 593 g/mol. The molecule has 0 saturated carbocycles. The van der Waals surface area contributed by atoms with Crippen molar-refractivity contribution in [1.29, 1.82) is 0 Å². The lowest BCUT2D eigenvalue weighted by atomic mass is 9.89. The van der Waals surface area contributed by atoms with E-state index in [1.165, 1.54) is 0 Å². The molecule has 0 spiro atoms. The molecule has 0 aromatic heterocycles. The van der Waals surface area contributed by atoms with E-state index < -0.39 is 21.6 Å². The SMILES string of the molecule is CCN1CC(=S)N(CC(C)(C)CCS(=O)CCCS(=O)CCC(C)(C)CN2C(=O)N(CC)CC2=S)C1=O. The highest BCUT2D eigenvalue weighted by molar-refractivity contribution is 7.85. The van der Waals surface area contributed by atoms with Gasteiger partial charge in [-0.25, -0.2) is 9.59 Å². The number of amides is 4. The van der Waals surface area contributed by atoms with Crippen molar-refractivity contribution in [2.24, 2.45) is 10.8 Å². The Bertz CT molecular complexity index is 852. The Balaban J connectivity index is 1.67. The van der Waals surface area contributed by atoms with Crippen molar-refractivity contribution in [3.8, 4) is 0 Å². The number of nitrogens with zero attached hydrogens (tertiary/aromatic N) is 4. The first-order valence-corrected chi connectivity index (χ1v) is 16.9. The first-order chi connectivity index (χ1) is 17.2. The molecule has 8 nitrogen and oxygen atoms in total. The van der Waals surface area contributed by atoms with E-state index in [0.717, 1.165) is 12.8 Å². The Morgan fingerprint density at radius 3 is 1.35 bits per heavy atom. The molecule has 0 aromatic carbocycles. The molecule has 2 saturated heterocycles. The minimum absolute atomic E-state index is 0.0370. The zero-order valence-electron chi connectivity index (χ0n) is 23.2. The molecule has 212 valence electrons. The van der Waals surface area contributed by atoms with Crippen LogP contribution in [0.3, 0.4) is 0 Å². The fraction of sp³-hybridized carbons (Fsp3) is 0.840. The lowest BCUT2D eigenvalue weighted by Crippen LogP contribution is -2.40. The third-order valence-electron chi connectivity index (χ3n) is 6.95. The summed E-state index contributed by atoms with van der Waals surface area (Å²) in [4.78, 5) is 33.1. The first kappa shape index (κ1) is 32.2. The Hall–Kier alpha value is -0.980. The number of carbonyl (C=O) groups excluding carboxylic acids is 2. The molecular weight excluding hydrogens is 549 g/mol. The van der Waals surface area contributed by atoms with Gasteiger partial charge in [0.15, 0.2) is 0 Å². The molecule has 0 N–H and O–H groups in total. The van der Waals surface area contributed by atoms with Crippen LogP contribution in [-0.2, 0) is 21.6 Å². The summed E-state index contributed by atoms with van der Waals surface area (Å²) in [6.07, 6.45) is 2.10. The minimum atomic E-state index is -0.993. The van der Waals surface area contributed by atoms with Crippen molar-refractivity contribution < 1.29 is 18.0 Å². The third kappa shape index (κ3) is 9.61. The minimum Gasteiger partial charge on any atom is -0.318 e. The van der Waals surface area contributed by atoms with E-state index in [0.29, 0.717) is 78.7 Å². The Morgan fingerprint density at radius 1 is 0.703 bits per heavy atom. The summed E-state index contributed by atoms with van der Waals surface area (Å²) in [6, 6.07) is -0.0740. The number of hydrogen-bond donors (Lipinski definition) is 0. The summed E-state index contributed by atoms with van der Waals surface area (Å²) in [6.45, 7) is 15.5. The van der Waals surface area contributed by atoms with Crippen molar-refractivity contribution in [2.45, 2.75) is 60.8 Å². The maximum atomic E-state index is 12.6. The van der Waals surface area contributed by atoms with Crippen LogP contribution in [0.4, 0.5) is 9.59 Å². The van der Waals surface area contributed by atoms with Crippen molar-refractivity contribution in [1.82, 2.24) is 19.6 Å². The highest BCUT2D eigenvalue weighted by atomic mass is 32.2. The third-order valence-corrected chi connectivity index (χ3v) is 10.5. The summed E-state index contributed by atoms with van der Waals surface area (Å²) in [7, 11) is -1.99. The number of rotatable bonds is 16. The molecule has 2 aliphatic heterocycles. The quantitative estimate of drug-likeness (QED) is 0.253. The Labute approximate surface area is 238 Å². The number of carbonyl (C=O) groups is 2. The van der Waals surface area contributed by atoms with Crippen LogP contribution in [0.2, 0.25) is 0 Å². The molecule has 0 bridgehead atoms. The van der Waals surface area contributed by atoms with E-state index >= 15 is 0 Å². The number of hydrogen-bond acceptors (Lipinski definition) is 6. The van der Waals surface area contributed by atoms with Gasteiger partial charge >= 0.3 is 12.1 Å². The van der Waals surface area contributed by atoms with Gasteiger partial charge in [0.25, 0.3) is 0 Å². The molecule has 0 radical (unpaired) electrons. The number of thiocarbonyl (C=S) groups is 2. The normalized spacial score (nSPS) is 19.0. The molecule has 0 aliphatic carbocycles.